The smallest absolute Gasteiger partial charge is 0.416 e. The molecule has 9 heteroatoms. The Kier molecular flexibility index (Phi) is 6.26. The molecule has 0 radical (unpaired) electrons. The van der Waals surface area contributed by atoms with Crippen LogP contribution in [0.1, 0.15) is 44.9 Å². The molecule has 3 N–H and O–H groups in total. The highest BCUT2D eigenvalue weighted by Gasteiger charge is 2.31. The van der Waals surface area contributed by atoms with E-state index in [1.54, 1.807) is 48.9 Å². The van der Waals surface area contributed by atoms with E-state index in [2.05, 4.69) is 10.6 Å². The van der Waals surface area contributed by atoms with Crippen LogP contribution in [0, 0.1) is 0 Å². The fourth-order valence-electron chi connectivity index (χ4n) is 3.99. The average molecular weight is 481 g/mol. The number of halogens is 3. The maximum atomic E-state index is 13.4. The van der Waals surface area contributed by atoms with Gasteiger partial charge in [-0.2, -0.15) is 13.2 Å². The molecule has 0 saturated heterocycles. The summed E-state index contributed by atoms with van der Waals surface area (Å²) in [5.74, 6) is -1.54. The Hall–Kier alpha value is -4.27. The first-order valence-electron chi connectivity index (χ1n) is 10.7. The first kappa shape index (κ1) is 23.9. The number of carbonyl (C=O) groups is 2. The van der Waals surface area contributed by atoms with Crippen molar-refractivity contribution >= 4 is 34.2 Å². The molecule has 0 bridgehead atoms. The molecule has 0 spiro atoms. The van der Waals surface area contributed by atoms with E-state index < -0.39 is 29.7 Å². The fourth-order valence-corrected chi connectivity index (χ4v) is 3.99. The lowest BCUT2D eigenvalue weighted by atomic mass is 10.0. The molecule has 4 aromatic rings. The van der Waals surface area contributed by atoms with Crippen molar-refractivity contribution in [3.63, 3.8) is 0 Å². The lowest BCUT2D eigenvalue weighted by Crippen LogP contribution is -2.29. The Labute approximate surface area is 199 Å². The number of aromatic carboxylic acids is 1. The number of amides is 1. The summed E-state index contributed by atoms with van der Waals surface area (Å²) in [6, 6.07) is 17.7. The van der Waals surface area contributed by atoms with Crippen LogP contribution in [-0.4, -0.2) is 21.6 Å². The van der Waals surface area contributed by atoms with Crippen LogP contribution in [-0.2, 0) is 13.2 Å². The van der Waals surface area contributed by atoms with Crippen molar-refractivity contribution in [1.29, 1.82) is 0 Å². The number of hydrogen-bond donors (Lipinski definition) is 3. The number of fused-ring (bicyclic) bond motifs is 1. The fraction of sp³-hybridized carbons (Fsp3) is 0.154. The van der Waals surface area contributed by atoms with E-state index in [1.807, 2.05) is 6.07 Å². The summed E-state index contributed by atoms with van der Waals surface area (Å²) in [5.41, 5.74) is 1.39. The number of carboxylic acids is 1. The van der Waals surface area contributed by atoms with Gasteiger partial charge in [-0.25, -0.2) is 4.79 Å². The lowest BCUT2D eigenvalue weighted by Gasteiger charge is -2.17. The molecule has 0 saturated carbocycles. The van der Waals surface area contributed by atoms with Crippen LogP contribution in [0.2, 0.25) is 0 Å². The van der Waals surface area contributed by atoms with Gasteiger partial charge in [-0.05, 0) is 48.9 Å². The number of aromatic nitrogens is 1. The topological polar surface area (TPSA) is 83.4 Å². The Bertz CT molecular complexity index is 1430. The summed E-state index contributed by atoms with van der Waals surface area (Å²) in [4.78, 5) is 24.7. The zero-order valence-electron chi connectivity index (χ0n) is 18.9. The van der Waals surface area contributed by atoms with Crippen LogP contribution in [0.15, 0.2) is 72.8 Å². The third-order valence-corrected chi connectivity index (χ3v) is 5.76. The van der Waals surface area contributed by atoms with E-state index in [0.29, 0.717) is 22.2 Å². The van der Waals surface area contributed by atoms with E-state index in [0.717, 1.165) is 12.1 Å². The van der Waals surface area contributed by atoms with Gasteiger partial charge in [0.05, 0.1) is 28.4 Å². The molecule has 1 amide bonds. The largest absolute Gasteiger partial charge is 0.478 e. The maximum absolute atomic E-state index is 13.4. The molecule has 0 aliphatic rings. The Balaban J connectivity index is 1.72. The molecule has 6 nitrogen and oxygen atoms in total. The first-order valence-corrected chi connectivity index (χ1v) is 10.7. The number of benzene rings is 3. The number of hydrogen-bond acceptors (Lipinski definition) is 3. The summed E-state index contributed by atoms with van der Waals surface area (Å²) in [6.07, 6.45) is -4.50. The minimum atomic E-state index is -4.50. The van der Waals surface area contributed by atoms with Gasteiger partial charge in [0.2, 0.25) is 0 Å². The van der Waals surface area contributed by atoms with E-state index in [9.17, 15) is 27.9 Å². The number of aryl methyl sites for hydroxylation is 1. The number of nitrogens with one attached hydrogen (secondary N) is 2. The third-order valence-electron chi connectivity index (χ3n) is 5.76. The Morgan fingerprint density at radius 3 is 2.40 bits per heavy atom. The Morgan fingerprint density at radius 2 is 1.69 bits per heavy atom. The highest BCUT2D eigenvalue weighted by Crippen LogP contribution is 2.35. The van der Waals surface area contributed by atoms with Crippen molar-refractivity contribution in [2.75, 3.05) is 5.32 Å². The van der Waals surface area contributed by atoms with Crippen LogP contribution in [0.3, 0.4) is 0 Å². The van der Waals surface area contributed by atoms with Gasteiger partial charge < -0.3 is 20.3 Å². The minimum absolute atomic E-state index is 0.0973. The van der Waals surface area contributed by atoms with E-state index in [-0.39, 0.29) is 16.9 Å². The number of carbonyl (C=O) groups excluding carboxylic acids is 1. The molecular formula is C26H22F3N3O3. The molecule has 3 aromatic carbocycles. The number of para-hydroxylation sites is 1. The molecule has 4 rings (SSSR count). The average Bonchev–Trinajstić information content (AvgIpc) is 3.10. The minimum Gasteiger partial charge on any atom is -0.478 e. The van der Waals surface area contributed by atoms with Crippen molar-refractivity contribution in [3.05, 3.63) is 95.2 Å². The first-order chi connectivity index (χ1) is 16.6. The predicted molar refractivity (Wildman–Crippen MR) is 127 cm³/mol. The summed E-state index contributed by atoms with van der Waals surface area (Å²) in [7, 11) is 1.70. The number of rotatable bonds is 6. The van der Waals surface area contributed by atoms with E-state index >= 15 is 0 Å². The van der Waals surface area contributed by atoms with Crippen molar-refractivity contribution in [1.82, 2.24) is 9.88 Å². The zero-order chi connectivity index (χ0) is 25.3. The van der Waals surface area contributed by atoms with Crippen LogP contribution in [0.25, 0.3) is 10.9 Å². The summed E-state index contributed by atoms with van der Waals surface area (Å²) < 4.78 is 41.3. The second kappa shape index (κ2) is 9.17. The second-order valence-electron chi connectivity index (χ2n) is 8.13. The molecule has 0 fully saturated rings. The molecular weight excluding hydrogens is 459 g/mol. The van der Waals surface area contributed by atoms with Crippen molar-refractivity contribution < 1.29 is 27.9 Å². The lowest BCUT2D eigenvalue weighted by molar-refractivity contribution is -0.137. The number of alkyl halides is 3. The maximum Gasteiger partial charge on any atom is 0.416 e. The van der Waals surface area contributed by atoms with Crippen LogP contribution < -0.4 is 10.6 Å². The van der Waals surface area contributed by atoms with Crippen LogP contribution in [0.4, 0.5) is 24.5 Å². The quantitative estimate of drug-likeness (QED) is 0.309. The molecule has 1 heterocycles. The molecule has 180 valence electrons. The second-order valence-corrected chi connectivity index (χ2v) is 8.13. The predicted octanol–water partition coefficient (Wildman–Crippen LogP) is 6.13. The highest BCUT2D eigenvalue weighted by atomic mass is 19.4. The summed E-state index contributed by atoms with van der Waals surface area (Å²) >= 11 is 0. The van der Waals surface area contributed by atoms with Gasteiger partial charge in [0, 0.05) is 18.1 Å². The SMILES string of the molecule is CC(NC(=O)c1c(Nc2cccc(C(F)(F)F)c2)c2ccccc2n1C)c1cccc(C(=O)O)c1. The number of anilines is 2. The van der Waals surface area contributed by atoms with Gasteiger partial charge in [0.25, 0.3) is 5.91 Å². The standard InChI is InChI=1S/C26H22F3N3O3/c1-15(16-7-5-8-17(13-16)25(34)35)30-24(33)23-22(20-11-3-4-12-21(20)32(23)2)31-19-10-6-9-18(14-19)26(27,28)29/h3-15,31H,1-2H3,(H,30,33)(H,34,35). The van der Waals surface area contributed by atoms with Crippen molar-refractivity contribution in [3.8, 4) is 0 Å². The highest BCUT2D eigenvalue weighted by molar-refractivity contribution is 6.09. The monoisotopic (exact) mass is 481 g/mol. The van der Waals surface area contributed by atoms with Crippen molar-refractivity contribution in [2.24, 2.45) is 7.05 Å². The van der Waals surface area contributed by atoms with Gasteiger partial charge in [-0.15, -0.1) is 0 Å². The molecule has 0 aliphatic carbocycles. The zero-order valence-corrected chi connectivity index (χ0v) is 18.9. The summed E-state index contributed by atoms with van der Waals surface area (Å²) in [5, 5.41) is 15.8. The van der Waals surface area contributed by atoms with E-state index in [1.165, 1.54) is 24.3 Å². The van der Waals surface area contributed by atoms with Gasteiger partial charge in [0.15, 0.2) is 0 Å². The molecule has 35 heavy (non-hydrogen) atoms. The van der Waals surface area contributed by atoms with Gasteiger partial charge >= 0.3 is 12.1 Å². The third kappa shape index (κ3) is 4.84. The normalized spacial score (nSPS) is 12.4. The van der Waals surface area contributed by atoms with Crippen molar-refractivity contribution in [2.45, 2.75) is 19.1 Å². The molecule has 1 unspecified atom stereocenters. The van der Waals surface area contributed by atoms with Gasteiger partial charge in [-0.1, -0.05) is 36.4 Å². The van der Waals surface area contributed by atoms with Crippen LogP contribution in [0.5, 0.6) is 0 Å². The van der Waals surface area contributed by atoms with Crippen LogP contribution >= 0.6 is 0 Å². The molecule has 0 aliphatic heterocycles. The molecule has 1 atom stereocenters. The Morgan fingerprint density at radius 1 is 0.971 bits per heavy atom. The summed E-state index contributed by atoms with van der Waals surface area (Å²) in [6.45, 7) is 1.72. The van der Waals surface area contributed by atoms with Gasteiger partial charge in [-0.3, -0.25) is 4.79 Å². The number of carboxylic acid groups (broad SMARTS) is 1. The van der Waals surface area contributed by atoms with Gasteiger partial charge in [0.1, 0.15) is 5.69 Å². The number of nitrogens with zero attached hydrogens (tertiary/aromatic N) is 1. The molecule has 1 aromatic heterocycles. The van der Waals surface area contributed by atoms with E-state index in [4.69, 9.17) is 0 Å².